The molecule has 0 aromatic heterocycles. The highest BCUT2D eigenvalue weighted by Crippen LogP contribution is 2.41. The van der Waals surface area contributed by atoms with Gasteiger partial charge in [0.25, 0.3) is 5.69 Å². The second kappa shape index (κ2) is 6.48. The molecular formula is C14H6F7NO4S. The van der Waals surface area contributed by atoms with E-state index in [1.807, 2.05) is 0 Å². The summed E-state index contributed by atoms with van der Waals surface area (Å²) in [5.41, 5.74) is -5.14. The minimum absolute atomic E-state index is 0.107. The van der Waals surface area contributed by atoms with E-state index in [9.17, 15) is 49.3 Å². The van der Waals surface area contributed by atoms with Gasteiger partial charge in [0.05, 0.1) is 25.8 Å². The molecule has 0 heterocycles. The SMILES string of the molecule is O=[N+]([O-])c1ccc(S(=O)(=O)c2ccc(F)cc2C(F)(F)F)c(C(F)(F)F)c1. The van der Waals surface area contributed by atoms with Crippen molar-refractivity contribution in [3.8, 4) is 0 Å². The number of benzene rings is 2. The van der Waals surface area contributed by atoms with Gasteiger partial charge < -0.3 is 0 Å². The van der Waals surface area contributed by atoms with Gasteiger partial charge in [-0.1, -0.05) is 0 Å². The molecule has 2 aromatic carbocycles. The predicted octanol–water partition coefficient (Wildman–Crippen LogP) is 4.60. The Hall–Kier alpha value is -2.70. The maximum absolute atomic E-state index is 13.2. The molecule has 0 aliphatic rings. The fourth-order valence-electron chi connectivity index (χ4n) is 2.16. The molecule has 5 nitrogen and oxygen atoms in total. The van der Waals surface area contributed by atoms with Crippen molar-refractivity contribution in [1.29, 1.82) is 0 Å². The molecule has 146 valence electrons. The van der Waals surface area contributed by atoms with Gasteiger partial charge in [0.1, 0.15) is 5.82 Å². The van der Waals surface area contributed by atoms with Crippen molar-refractivity contribution in [2.75, 3.05) is 0 Å². The third-order valence-corrected chi connectivity index (χ3v) is 5.18. The first-order chi connectivity index (χ1) is 12.2. The second-order valence-corrected chi connectivity index (χ2v) is 6.96. The van der Waals surface area contributed by atoms with Crippen LogP contribution in [-0.2, 0) is 22.2 Å². The summed E-state index contributed by atoms with van der Waals surface area (Å²) < 4.78 is 117. The lowest BCUT2D eigenvalue weighted by molar-refractivity contribution is -0.385. The zero-order valence-electron chi connectivity index (χ0n) is 12.6. The zero-order valence-corrected chi connectivity index (χ0v) is 13.4. The van der Waals surface area contributed by atoms with Crippen molar-refractivity contribution in [1.82, 2.24) is 0 Å². The van der Waals surface area contributed by atoms with Crippen LogP contribution in [0.3, 0.4) is 0 Å². The summed E-state index contributed by atoms with van der Waals surface area (Å²) in [4.78, 5) is 6.16. The average Bonchev–Trinajstić information content (AvgIpc) is 2.52. The number of hydrogen-bond donors (Lipinski definition) is 0. The summed E-state index contributed by atoms with van der Waals surface area (Å²) in [5.74, 6) is -1.46. The molecule has 0 aliphatic heterocycles. The lowest BCUT2D eigenvalue weighted by atomic mass is 10.2. The summed E-state index contributed by atoms with van der Waals surface area (Å²) in [6.45, 7) is 0. The van der Waals surface area contributed by atoms with E-state index < -0.39 is 59.5 Å². The molecule has 0 unspecified atom stereocenters. The van der Waals surface area contributed by atoms with Crippen LogP contribution in [0.2, 0.25) is 0 Å². The third-order valence-electron chi connectivity index (χ3n) is 3.31. The molecule has 27 heavy (non-hydrogen) atoms. The normalized spacial score (nSPS) is 12.9. The molecule has 0 amide bonds. The van der Waals surface area contributed by atoms with E-state index in [0.717, 1.165) is 0 Å². The van der Waals surface area contributed by atoms with Crippen molar-refractivity contribution in [3.05, 3.63) is 63.5 Å². The molecule has 0 saturated heterocycles. The van der Waals surface area contributed by atoms with Gasteiger partial charge in [0, 0.05) is 12.1 Å². The highest BCUT2D eigenvalue weighted by molar-refractivity contribution is 7.91. The Morgan fingerprint density at radius 3 is 1.70 bits per heavy atom. The maximum atomic E-state index is 13.2. The number of nitro benzene ring substituents is 1. The largest absolute Gasteiger partial charge is 0.417 e. The van der Waals surface area contributed by atoms with Crippen LogP contribution in [0, 0.1) is 15.9 Å². The molecule has 0 N–H and O–H groups in total. The number of hydrogen-bond acceptors (Lipinski definition) is 4. The van der Waals surface area contributed by atoms with E-state index in [1.54, 1.807) is 0 Å². The smallest absolute Gasteiger partial charge is 0.258 e. The number of sulfone groups is 1. The molecule has 0 fully saturated rings. The standard InChI is InChI=1S/C14H6F7NO4S/c15-7-1-3-11(9(5-7)13(16,17)18)27(25,26)12-4-2-8(22(23)24)6-10(12)14(19,20)21/h1-6H. The predicted molar refractivity (Wildman–Crippen MR) is 75.0 cm³/mol. The van der Waals surface area contributed by atoms with E-state index >= 15 is 0 Å². The van der Waals surface area contributed by atoms with Crippen molar-refractivity contribution in [2.45, 2.75) is 22.1 Å². The monoisotopic (exact) mass is 417 g/mol. The van der Waals surface area contributed by atoms with Crippen molar-refractivity contribution in [3.63, 3.8) is 0 Å². The van der Waals surface area contributed by atoms with Gasteiger partial charge >= 0.3 is 12.4 Å². The van der Waals surface area contributed by atoms with Gasteiger partial charge in [-0.15, -0.1) is 0 Å². The molecule has 2 rings (SSSR count). The zero-order chi connectivity index (χ0) is 20.8. The number of halogens is 7. The number of nitrogens with zero attached hydrogens (tertiary/aromatic N) is 1. The van der Waals surface area contributed by atoms with Crippen LogP contribution in [0.15, 0.2) is 46.2 Å². The molecule has 0 spiro atoms. The average molecular weight is 417 g/mol. The Balaban J connectivity index is 2.85. The van der Waals surface area contributed by atoms with Crippen LogP contribution in [0.1, 0.15) is 11.1 Å². The first-order valence-electron chi connectivity index (χ1n) is 6.63. The minimum atomic E-state index is -5.46. The van der Waals surface area contributed by atoms with E-state index in [-0.39, 0.29) is 24.3 Å². The molecular weight excluding hydrogens is 411 g/mol. The highest BCUT2D eigenvalue weighted by atomic mass is 32.2. The Labute approximate surface area is 146 Å². The van der Waals surface area contributed by atoms with Gasteiger partial charge in [-0.3, -0.25) is 10.1 Å². The fourth-order valence-corrected chi connectivity index (χ4v) is 3.82. The van der Waals surface area contributed by atoms with Gasteiger partial charge in [0.15, 0.2) is 0 Å². The first kappa shape index (κ1) is 20.6. The van der Waals surface area contributed by atoms with Crippen LogP contribution in [-0.4, -0.2) is 13.3 Å². The first-order valence-corrected chi connectivity index (χ1v) is 8.11. The van der Waals surface area contributed by atoms with Crippen molar-refractivity contribution < 1.29 is 44.1 Å². The van der Waals surface area contributed by atoms with E-state index in [1.165, 1.54) is 0 Å². The number of non-ortho nitro benzene ring substituents is 1. The molecule has 0 aliphatic carbocycles. The highest BCUT2D eigenvalue weighted by Gasteiger charge is 2.43. The minimum Gasteiger partial charge on any atom is -0.258 e. The third kappa shape index (κ3) is 4.02. The van der Waals surface area contributed by atoms with Crippen LogP contribution in [0.5, 0.6) is 0 Å². The second-order valence-electron chi connectivity index (χ2n) is 5.08. The summed E-state index contributed by atoms with van der Waals surface area (Å²) in [6.07, 6.45) is -10.8. The maximum Gasteiger partial charge on any atom is 0.417 e. The molecule has 0 saturated carbocycles. The Morgan fingerprint density at radius 1 is 0.815 bits per heavy atom. The topological polar surface area (TPSA) is 77.3 Å². The summed E-state index contributed by atoms with van der Waals surface area (Å²) >= 11 is 0. The van der Waals surface area contributed by atoms with Crippen LogP contribution < -0.4 is 0 Å². The van der Waals surface area contributed by atoms with E-state index in [4.69, 9.17) is 0 Å². The molecule has 0 bridgehead atoms. The molecule has 0 atom stereocenters. The lowest BCUT2D eigenvalue weighted by Gasteiger charge is -2.16. The van der Waals surface area contributed by atoms with Crippen LogP contribution in [0.25, 0.3) is 0 Å². The Kier molecular flexibility index (Phi) is 4.94. The summed E-state index contributed by atoms with van der Waals surface area (Å²) in [7, 11) is -5.46. The summed E-state index contributed by atoms with van der Waals surface area (Å²) in [6, 6.07) is 0.809. The molecule has 2 aromatic rings. The van der Waals surface area contributed by atoms with Crippen LogP contribution >= 0.6 is 0 Å². The van der Waals surface area contributed by atoms with Gasteiger partial charge in [-0.05, 0) is 24.3 Å². The number of nitro groups is 1. The van der Waals surface area contributed by atoms with Gasteiger partial charge in [0.2, 0.25) is 9.84 Å². The van der Waals surface area contributed by atoms with E-state index in [2.05, 4.69) is 0 Å². The Morgan fingerprint density at radius 2 is 1.26 bits per heavy atom. The fraction of sp³-hybridized carbons (Fsp3) is 0.143. The number of alkyl halides is 6. The van der Waals surface area contributed by atoms with E-state index in [0.29, 0.717) is 12.1 Å². The molecule has 0 radical (unpaired) electrons. The lowest BCUT2D eigenvalue weighted by Crippen LogP contribution is -2.18. The van der Waals surface area contributed by atoms with Crippen molar-refractivity contribution in [2.24, 2.45) is 0 Å². The van der Waals surface area contributed by atoms with Gasteiger partial charge in [-0.2, -0.15) is 26.3 Å². The van der Waals surface area contributed by atoms with Gasteiger partial charge in [-0.25, -0.2) is 12.8 Å². The molecule has 13 heteroatoms. The van der Waals surface area contributed by atoms with Crippen LogP contribution in [0.4, 0.5) is 36.4 Å². The van der Waals surface area contributed by atoms with Crippen molar-refractivity contribution >= 4 is 15.5 Å². The number of rotatable bonds is 3. The summed E-state index contributed by atoms with van der Waals surface area (Å²) in [5, 5.41) is 10.6. The Bertz CT molecular complexity index is 1010. The quantitative estimate of drug-likeness (QED) is 0.317.